The molecule has 0 spiro atoms. The first-order chi connectivity index (χ1) is 23.1. The van der Waals surface area contributed by atoms with E-state index in [0.29, 0.717) is 0 Å². The van der Waals surface area contributed by atoms with Crippen molar-refractivity contribution in [2.45, 2.75) is 19.3 Å². The predicted molar refractivity (Wildman–Crippen MR) is 196 cm³/mol. The number of rotatable bonds is 5. The van der Waals surface area contributed by atoms with Gasteiger partial charge in [-0.2, -0.15) is 0 Å². The normalized spacial score (nSPS) is 13.1. The fourth-order valence-electron chi connectivity index (χ4n) is 7.58. The second-order valence-electron chi connectivity index (χ2n) is 12.9. The van der Waals surface area contributed by atoms with E-state index in [1.807, 2.05) is 18.5 Å². The highest BCUT2D eigenvalue weighted by Crippen LogP contribution is 2.51. The highest BCUT2D eigenvalue weighted by atomic mass is 15.1. The van der Waals surface area contributed by atoms with Gasteiger partial charge in [-0.1, -0.05) is 105 Å². The Labute approximate surface area is 275 Å². The van der Waals surface area contributed by atoms with Crippen LogP contribution in [0.1, 0.15) is 25.0 Å². The molecule has 224 valence electrons. The van der Waals surface area contributed by atoms with Crippen LogP contribution < -0.4 is 4.90 Å². The van der Waals surface area contributed by atoms with Crippen molar-refractivity contribution in [2.75, 3.05) is 4.90 Å². The molecule has 8 aromatic rings. The molecule has 0 fully saturated rings. The summed E-state index contributed by atoms with van der Waals surface area (Å²) in [6.07, 6.45) is 3.76. The van der Waals surface area contributed by atoms with Crippen LogP contribution in [0.3, 0.4) is 0 Å². The van der Waals surface area contributed by atoms with Crippen LogP contribution in [0.15, 0.2) is 164 Å². The average Bonchev–Trinajstić information content (AvgIpc) is 3.58. The number of nitrogens with zero attached hydrogens (tertiary/aromatic N) is 3. The molecular formula is C44H33N3. The zero-order valence-electron chi connectivity index (χ0n) is 26.4. The van der Waals surface area contributed by atoms with Crippen molar-refractivity contribution in [3.63, 3.8) is 0 Å². The van der Waals surface area contributed by atoms with E-state index in [2.05, 4.69) is 174 Å². The maximum absolute atomic E-state index is 4.43. The van der Waals surface area contributed by atoms with Gasteiger partial charge < -0.3 is 9.47 Å². The monoisotopic (exact) mass is 603 g/mol. The summed E-state index contributed by atoms with van der Waals surface area (Å²) in [5.41, 5.74) is 14.5. The maximum Gasteiger partial charge on any atom is 0.0645 e. The minimum atomic E-state index is -0.0914. The third kappa shape index (κ3) is 4.31. The van der Waals surface area contributed by atoms with Gasteiger partial charge in [0.25, 0.3) is 0 Å². The maximum atomic E-state index is 4.43. The van der Waals surface area contributed by atoms with Gasteiger partial charge in [-0.15, -0.1) is 0 Å². The number of aromatic nitrogens is 2. The summed E-state index contributed by atoms with van der Waals surface area (Å²) in [4.78, 5) is 6.84. The van der Waals surface area contributed by atoms with Crippen molar-refractivity contribution in [2.24, 2.45) is 0 Å². The first-order valence-corrected chi connectivity index (χ1v) is 16.2. The third-order valence-corrected chi connectivity index (χ3v) is 9.88. The Kier molecular flexibility index (Phi) is 6.16. The fraction of sp³-hybridized carbons (Fsp3) is 0.0682. The molecule has 0 atom stereocenters. The molecule has 1 aliphatic carbocycles. The molecule has 0 radical (unpaired) electrons. The lowest BCUT2D eigenvalue weighted by atomic mass is 9.82. The summed E-state index contributed by atoms with van der Waals surface area (Å²) in [5.74, 6) is 0. The molecule has 2 aromatic heterocycles. The predicted octanol–water partition coefficient (Wildman–Crippen LogP) is 11.6. The van der Waals surface area contributed by atoms with Gasteiger partial charge in [0.1, 0.15) is 0 Å². The lowest BCUT2D eigenvalue weighted by Gasteiger charge is -2.28. The second kappa shape index (κ2) is 10.6. The van der Waals surface area contributed by atoms with Gasteiger partial charge in [0.15, 0.2) is 0 Å². The number of hydrogen-bond donors (Lipinski definition) is 0. The Morgan fingerprint density at radius 1 is 0.511 bits per heavy atom. The van der Waals surface area contributed by atoms with Gasteiger partial charge >= 0.3 is 0 Å². The fourth-order valence-corrected chi connectivity index (χ4v) is 7.58. The van der Waals surface area contributed by atoms with Crippen LogP contribution in [0, 0.1) is 0 Å². The molecule has 6 aromatic carbocycles. The molecule has 3 nitrogen and oxygen atoms in total. The standard InChI is InChI=1S/C44H33N3/c1-44(2)40-16-8-6-14-36(40)37-24-22-34(28-41(37)44)46(32-20-18-31(19-21-32)30-11-4-3-5-12-30)33-23-25-43-39(27-33)38-15-7-9-17-42(38)47(43)35-13-10-26-45-29-35/h3-29H,1-2H3. The van der Waals surface area contributed by atoms with Crippen molar-refractivity contribution >= 4 is 38.9 Å². The zero-order valence-corrected chi connectivity index (χ0v) is 26.4. The summed E-state index contributed by atoms with van der Waals surface area (Å²) in [6.45, 7) is 4.69. The first kappa shape index (κ1) is 27.4. The minimum Gasteiger partial charge on any atom is -0.310 e. The highest BCUT2D eigenvalue weighted by molar-refractivity contribution is 6.10. The smallest absolute Gasteiger partial charge is 0.0645 e. The molecule has 0 saturated heterocycles. The number of pyridine rings is 1. The van der Waals surface area contributed by atoms with E-state index >= 15 is 0 Å². The summed E-state index contributed by atoms with van der Waals surface area (Å²) < 4.78 is 2.32. The van der Waals surface area contributed by atoms with Gasteiger partial charge in [0, 0.05) is 39.4 Å². The van der Waals surface area contributed by atoms with Gasteiger partial charge in [0.2, 0.25) is 0 Å². The van der Waals surface area contributed by atoms with Gasteiger partial charge in [0.05, 0.1) is 22.9 Å². The van der Waals surface area contributed by atoms with Crippen molar-refractivity contribution < 1.29 is 0 Å². The molecule has 0 N–H and O–H groups in total. The molecular weight excluding hydrogens is 571 g/mol. The number of fused-ring (bicyclic) bond motifs is 6. The van der Waals surface area contributed by atoms with Crippen LogP contribution in [0.5, 0.6) is 0 Å². The molecule has 47 heavy (non-hydrogen) atoms. The Morgan fingerprint density at radius 3 is 2.00 bits per heavy atom. The van der Waals surface area contributed by atoms with Crippen LogP contribution in [-0.4, -0.2) is 9.55 Å². The number of anilines is 3. The first-order valence-electron chi connectivity index (χ1n) is 16.2. The largest absolute Gasteiger partial charge is 0.310 e. The van der Waals surface area contributed by atoms with Gasteiger partial charge in [-0.3, -0.25) is 4.98 Å². The minimum absolute atomic E-state index is 0.0914. The van der Waals surface area contributed by atoms with Crippen LogP contribution in [0.4, 0.5) is 17.1 Å². The molecule has 3 heteroatoms. The van der Waals surface area contributed by atoms with Crippen molar-refractivity contribution in [1.82, 2.24) is 9.55 Å². The second-order valence-corrected chi connectivity index (χ2v) is 12.9. The molecule has 0 saturated carbocycles. The summed E-state index contributed by atoms with van der Waals surface area (Å²) in [7, 11) is 0. The van der Waals surface area contributed by atoms with Crippen molar-refractivity contribution in [3.05, 3.63) is 175 Å². The summed E-state index contributed by atoms with van der Waals surface area (Å²) in [5, 5.41) is 2.43. The van der Waals surface area contributed by atoms with Crippen LogP contribution in [0.2, 0.25) is 0 Å². The van der Waals surface area contributed by atoms with E-state index in [4.69, 9.17) is 0 Å². The molecule has 2 heterocycles. The molecule has 9 rings (SSSR count). The van der Waals surface area contributed by atoms with E-state index in [1.54, 1.807) is 0 Å². The number of benzene rings is 6. The van der Waals surface area contributed by atoms with E-state index in [-0.39, 0.29) is 5.41 Å². The summed E-state index contributed by atoms with van der Waals surface area (Å²) >= 11 is 0. The van der Waals surface area contributed by atoms with E-state index in [0.717, 1.165) is 28.3 Å². The molecule has 0 amide bonds. The van der Waals surface area contributed by atoms with Crippen LogP contribution in [-0.2, 0) is 5.41 Å². The highest BCUT2D eigenvalue weighted by Gasteiger charge is 2.35. The Hall–Kier alpha value is -5.93. The zero-order chi connectivity index (χ0) is 31.5. The Balaban J connectivity index is 1.25. The quantitative estimate of drug-likeness (QED) is 0.195. The average molecular weight is 604 g/mol. The molecule has 1 aliphatic rings. The topological polar surface area (TPSA) is 21.1 Å². The lowest BCUT2D eigenvalue weighted by molar-refractivity contribution is 0.660. The van der Waals surface area contributed by atoms with Crippen molar-refractivity contribution in [3.8, 4) is 27.9 Å². The van der Waals surface area contributed by atoms with Crippen molar-refractivity contribution in [1.29, 1.82) is 0 Å². The van der Waals surface area contributed by atoms with Gasteiger partial charge in [-0.25, -0.2) is 0 Å². The molecule has 0 aliphatic heterocycles. The Morgan fingerprint density at radius 2 is 1.17 bits per heavy atom. The van der Waals surface area contributed by atoms with E-state index < -0.39 is 0 Å². The number of hydrogen-bond acceptors (Lipinski definition) is 2. The summed E-state index contributed by atoms with van der Waals surface area (Å²) in [6, 6.07) is 55.0. The Bertz CT molecular complexity index is 2420. The molecule has 0 bridgehead atoms. The molecule has 0 unspecified atom stereocenters. The van der Waals surface area contributed by atoms with Crippen LogP contribution >= 0.6 is 0 Å². The van der Waals surface area contributed by atoms with Crippen LogP contribution in [0.25, 0.3) is 49.7 Å². The van der Waals surface area contributed by atoms with E-state index in [1.165, 1.54) is 49.7 Å². The lowest BCUT2D eigenvalue weighted by Crippen LogP contribution is -2.16. The van der Waals surface area contributed by atoms with Gasteiger partial charge in [-0.05, 0) is 94.0 Å². The SMILES string of the molecule is CC1(C)c2ccccc2-c2ccc(N(c3ccc(-c4ccccc4)cc3)c3ccc4c(c3)c3ccccc3n4-c3cccnc3)cc21. The van der Waals surface area contributed by atoms with E-state index in [9.17, 15) is 0 Å². The third-order valence-electron chi connectivity index (χ3n) is 9.88. The number of para-hydroxylation sites is 1.